The Hall–Kier alpha value is -1.83. The van der Waals surface area contributed by atoms with Gasteiger partial charge in [0.2, 0.25) is 0 Å². The predicted octanol–water partition coefficient (Wildman–Crippen LogP) is 0.177. The van der Waals surface area contributed by atoms with Crippen LogP contribution in [0.5, 0.6) is 0 Å². The summed E-state index contributed by atoms with van der Waals surface area (Å²) in [6.45, 7) is 6.58. The molecule has 3 aliphatic rings. The van der Waals surface area contributed by atoms with Gasteiger partial charge in [0.05, 0.1) is 12.1 Å². The number of rotatable bonds is 4. The number of nitrogens with one attached hydrogen (secondary N) is 3. The lowest BCUT2D eigenvalue weighted by Crippen LogP contribution is -2.55. The van der Waals surface area contributed by atoms with Gasteiger partial charge in [0.15, 0.2) is 5.96 Å². The standard InChI is InChI=1S/C17H29N5O3/c1-3-18-14(19-11-17(25)7-4-8-17)22-9-5-12(6-10-22)16(2)13(23)20-15(24)21-16/h12,25H,3-11H2,1-2H3,(H,18,19)(H2,20,21,23,24). The van der Waals surface area contributed by atoms with E-state index < -0.39 is 17.2 Å². The molecule has 8 nitrogen and oxygen atoms in total. The second kappa shape index (κ2) is 6.82. The lowest BCUT2D eigenvalue weighted by Gasteiger charge is -2.40. The fourth-order valence-electron chi connectivity index (χ4n) is 3.90. The van der Waals surface area contributed by atoms with Crippen molar-refractivity contribution in [1.29, 1.82) is 0 Å². The number of aliphatic hydroxyl groups is 1. The number of piperidine rings is 1. The number of aliphatic imine (C=N–C) groups is 1. The number of hydrogen-bond acceptors (Lipinski definition) is 4. The second-order valence-electron chi connectivity index (χ2n) is 7.62. The van der Waals surface area contributed by atoms with Crippen molar-refractivity contribution in [2.45, 2.75) is 57.1 Å². The topological polar surface area (TPSA) is 106 Å². The number of imide groups is 1. The quantitative estimate of drug-likeness (QED) is 0.328. The van der Waals surface area contributed by atoms with Gasteiger partial charge in [0, 0.05) is 19.6 Å². The molecule has 25 heavy (non-hydrogen) atoms. The summed E-state index contributed by atoms with van der Waals surface area (Å²) in [6, 6.07) is -0.404. The maximum atomic E-state index is 12.1. The summed E-state index contributed by atoms with van der Waals surface area (Å²) in [5.41, 5.74) is -1.45. The van der Waals surface area contributed by atoms with Crippen LogP contribution >= 0.6 is 0 Å². The van der Waals surface area contributed by atoms with E-state index >= 15 is 0 Å². The number of carbonyl (C=O) groups is 2. The number of carbonyl (C=O) groups excluding carboxylic acids is 2. The first-order chi connectivity index (χ1) is 11.9. The lowest BCUT2D eigenvalue weighted by molar-refractivity contribution is -0.125. The first kappa shape index (κ1) is 18.0. The Morgan fingerprint density at radius 2 is 2.04 bits per heavy atom. The maximum absolute atomic E-state index is 12.1. The Kier molecular flexibility index (Phi) is 4.90. The number of nitrogens with zero attached hydrogens (tertiary/aromatic N) is 2. The van der Waals surface area contributed by atoms with Gasteiger partial charge in [-0.3, -0.25) is 15.1 Å². The van der Waals surface area contributed by atoms with E-state index in [1.165, 1.54) is 0 Å². The second-order valence-corrected chi connectivity index (χ2v) is 7.62. The average molecular weight is 351 g/mol. The molecule has 1 aliphatic carbocycles. The van der Waals surface area contributed by atoms with Crippen molar-refractivity contribution >= 4 is 17.9 Å². The zero-order valence-electron chi connectivity index (χ0n) is 15.1. The summed E-state index contributed by atoms with van der Waals surface area (Å²) in [6.07, 6.45) is 4.33. The summed E-state index contributed by atoms with van der Waals surface area (Å²) in [5.74, 6) is 0.698. The predicted molar refractivity (Wildman–Crippen MR) is 94.2 cm³/mol. The summed E-state index contributed by atoms with van der Waals surface area (Å²) in [5, 5.41) is 18.7. The molecule has 1 saturated carbocycles. The van der Waals surface area contributed by atoms with Crippen molar-refractivity contribution in [3.8, 4) is 0 Å². The van der Waals surface area contributed by atoms with Crippen LogP contribution in [0.3, 0.4) is 0 Å². The van der Waals surface area contributed by atoms with Crippen molar-refractivity contribution < 1.29 is 14.7 Å². The third kappa shape index (κ3) is 3.58. The molecule has 0 aromatic carbocycles. The zero-order valence-corrected chi connectivity index (χ0v) is 15.1. The van der Waals surface area contributed by atoms with E-state index in [2.05, 4.69) is 25.8 Å². The third-order valence-electron chi connectivity index (χ3n) is 5.83. The van der Waals surface area contributed by atoms with Crippen molar-refractivity contribution in [3.05, 3.63) is 0 Å². The summed E-state index contributed by atoms with van der Waals surface area (Å²) >= 11 is 0. The van der Waals surface area contributed by atoms with Crippen LogP contribution in [-0.2, 0) is 4.79 Å². The van der Waals surface area contributed by atoms with E-state index in [4.69, 9.17) is 0 Å². The Morgan fingerprint density at radius 1 is 1.36 bits per heavy atom. The monoisotopic (exact) mass is 351 g/mol. The highest BCUT2D eigenvalue weighted by Gasteiger charge is 2.48. The highest BCUT2D eigenvalue weighted by molar-refractivity contribution is 6.07. The average Bonchev–Trinajstić information content (AvgIpc) is 2.83. The number of likely N-dealkylation sites (tertiary alicyclic amines) is 1. The molecule has 2 saturated heterocycles. The van der Waals surface area contributed by atoms with Crippen LogP contribution in [0.1, 0.15) is 46.0 Å². The molecule has 2 aliphatic heterocycles. The van der Waals surface area contributed by atoms with Crippen LogP contribution in [0, 0.1) is 5.92 Å². The van der Waals surface area contributed by atoms with Gasteiger partial charge in [-0.2, -0.15) is 0 Å². The minimum absolute atomic E-state index is 0.105. The fourth-order valence-corrected chi connectivity index (χ4v) is 3.90. The molecule has 0 aromatic rings. The molecule has 4 N–H and O–H groups in total. The van der Waals surface area contributed by atoms with Gasteiger partial charge >= 0.3 is 6.03 Å². The van der Waals surface area contributed by atoms with E-state index in [9.17, 15) is 14.7 Å². The molecule has 8 heteroatoms. The Bertz CT molecular complexity index is 567. The van der Waals surface area contributed by atoms with Gasteiger partial charge in [0.1, 0.15) is 5.54 Å². The molecule has 0 spiro atoms. The SMILES string of the molecule is CCNC(=NCC1(O)CCC1)N1CCC(C2(C)NC(=O)NC2=O)CC1. The number of hydrogen-bond donors (Lipinski definition) is 4. The summed E-state index contributed by atoms with van der Waals surface area (Å²) in [4.78, 5) is 30.4. The molecular formula is C17H29N5O3. The van der Waals surface area contributed by atoms with Crippen LogP contribution in [-0.4, -0.2) is 65.2 Å². The summed E-state index contributed by atoms with van der Waals surface area (Å²) in [7, 11) is 0. The fraction of sp³-hybridized carbons (Fsp3) is 0.824. The van der Waals surface area contributed by atoms with Crippen LogP contribution < -0.4 is 16.0 Å². The van der Waals surface area contributed by atoms with Crippen LogP contribution in [0.15, 0.2) is 4.99 Å². The molecule has 3 rings (SSSR count). The minimum Gasteiger partial charge on any atom is -0.388 e. The van der Waals surface area contributed by atoms with E-state index in [-0.39, 0.29) is 11.8 Å². The first-order valence-electron chi connectivity index (χ1n) is 9.25. The smallest absolute Gasteiger partial charge is 0.322 e. The minimum atomic E-state index is -0.820. The van der Waals surface area contributed by atoms with Crippen LogP contribution in [0.25, 0.3) is 0 Å². The largest absolute Gasteiger partial charge is 0.388 e. The number of urea groups is 1. The zero-order chi connectivity index (χ0) is 18.1. The van der Waals surface area contributed by atoms with E-state index in [1.807, 2.05) is 6.92 Å². The molecule has 0 bridgehead atoms. The van der Waals surface area contributed by atoms with Gasteiger partial charge in [-0.05, 0) is 51.9 Å². The van der Waals surface area contributed by atoms with Crippen LogP contribution in [0.4, 0.5) is 4.79 Å². The number of guanidine groups is 1. The molecule has 3 fully saturated rings. The van der Waals surface area contributed by atoms with E-state index in [1.54, 1.807) is 6.92 Å². The van der Waals surface area contributed by atoms with Crippen molar-refractivity contribution in [3.63, 3.8) is 0 Å². The van der Waals surface area contributed by atoms with Crippen molar-refractivity contribution in [1.82, 2.24) is 20.9 Å². The molecule has 1 atom stereocenters. The molecular weight excluding hydrogens is 322 g/mol. The molecule has 0 aromatic heterocycles. The normalized spacial score (nSPS) is 29.9. The summed E-state index contributed by atoms with van der Waals surface area (Å²) < 4.78 is 0. The third-order valence-corrected chi connectivity index (χ3v) is 5.83. The van der Waals surface area contributed by atoms with E-state index in [0.717, 1.165) is 57.7 Å². The highest BCUT2D eigenvalue weighted by Crippen LogP contribution is 2.32. The van der Waals surface area contributed by atoms with Crippen LogP contribution in [0.2, 0.25) is 0 Å². The van der Waals surface area contributed by atoms with Gasteiger partial charge in [-0.15, -0.1) is 0 Å². The van der Waals surface area contributed by atoms with Gasteiger partial charge in [0.25, 0.3) is 5.91 Å². The number of amides is 3. The van der Waals surface area contributed by atoms with Crippen molar-refractivity contribution in [2.75, 3.05) is 26.2 Å². The maximum Gasteiger partial charge on any atom is 0.322 e. The molecule has 1 unspecified atom stereocenters. The molecule has 3 amide bonds. The van der Waals surface area contributed by atoms with Gasteiger partial charge in [-0.25, -0.2) is 4.79 Å². The Morgan fingerprint density at radius 3 is 2.52 bits per heavy atom. The highest BCUT2D eigenvalue weighted by atomic mass is 16.3. The van der Waals surface area contributed by atoms with Gasteiger partial charge in [-0.1, -0.05) is 0 Å². The molecule has 0 radical (unpaired) electrons. The molecule has 2 heterocycles. The Balaban J connectivity index is 1.60. The van der Waals surface area contributed by atoms with E-state index in [0.29, 0.717) is 6.54 Å². The van der Waals surface area contributed by atoms with Crippen molar-refractivity contribution in [2.24, 2.45) is 10.9 Å². The molecule has 140 valence electrons. The lowest BCUT2D eigenvalue weighted by atomic mass is 9.79. The van der Waals surface area contributed by atoms with Gasteiger partial charge < -0.3 is 20.6 Å². The first-order valence-corrected chi connectivity index (χ1v) is 9.25. The Labute approximate surface area is 148 Å².